The van der Waals surface area contributed by atoms with E-state index in [4.69, 9.17) is 4.74 Å². The Kier molecular flexibility index (Phi) is 5.55. The van der Waals surface area contributed by atoms with Gasteiger partial charge in [0, 0.05) is 11.1 Å². The van der Waals surface area contributed by atoms with Gasteiger partial charge in [-0.3, -0.25) is 14.0 Å². The minimum Gasteiger partial charge on any atom is -0.462 e. The molecule has 5 aromatic rings. The minimum absolute atomic E-state index is 0.0103. The van der Waals surface area contributed by atoms with Gasteiger partial charge in [0.2, 0.25) is 5.78 Å². The fraction of sp³-hybridized carbons (Fsp3) is 0.107. The number of imidazole rings is 1. The summed E-state index contributed by atoms with van der Waals surface area (Å²) in [5, 5.41) is 0. The number of aromatic nitrogens is 2. The molecular weight excluding hydrogens is 428 g/mol. The van der Waals surface area contributed by atoms with Crippen LogP contribution in [-0.4, -0.2) is 33.1 Å². The highest BCUT2D eigenvalue weighted by molar-refractivity contribution is 6.12. The van der Waals surface area contributed by atoms with Crippen LogP contribution in [0.1, 0.15) is 43.7 Å². The van der Waals surface area contributed by atoms with Crippen molar-refractivity contribution >= 4 is 34.2 Å². The number of carbonyl (C=O) groups is 3. The molecule has 5 rings (SSSR count). The van der Waals surface area contributed by atoms with Gasteiger partial charge in [-0.05, 0) is 25.1 Å². The molecule has 0 bridgehead atoms. The third-order valence-electron chi connectivity index (χ3n) is 5.81. The predicted octanol–water partition coefficient (Wildman–Crippen LogP) is 5.18. The Morgan fingerprint density at radius 1 is 0.765 bits per heavy atom. The fourth-order valence-corrected chi connectivity index (χ4v) is 4.29. The molecule has 0 fully saturated rings. The van der Waals surface area contributed by atoms with E-state index in [9.17, 15) is 14.4 Å². The summed E-state index contributed by atoms with van der Waals surface area (Å²) in [6.07, 6.45) is 0. The normalized spacial score (nSPS) is 11.1. The van der Waals surface area contributed by atoms with Crippen molar-refractivity contribution in [2.24, 2.45) is 0 Å². The molecule has 0 N–H and O–H groups in total. The molecule has 2 heterocycles. The number of esters is 1. The molecule has 6 nitrogen and oxygen atoms in total. The number of nitrogens with zero attached hydrogens (tertiary/aromatic N) is 2. The van der Waals surface area contributed by atoms with Gasteiger partial charge in [0.05, 0.1) is 29.9 Å². The van der Waals surface area contributed by atoms with Gasteiger partial charge in [0.25, 0.3) is 0 Å². The van der Waals surface area contributed by atoms with Gasteiger partial charge < -0.3 is 9.30 Å². The van der Waals surface area contributed by atoms with Crippen LogP contribution in [0.5, 0.6) is 0 Å². The van der Waals surface area contributed by atoms with E-state index in [2.05, 4.69) is 0 Å². The summed E-state index contributed by atoms with van der Waals surface area (Å²) in [6.45, 7) is 1.94. The zero-order valence-electron chi connectivity index (χ0n) is 18.6. The van der Waals surface area contributed by atoms with E-state index >= 15 is 0 Å². The smallest absolute Gasteiger partial charge is 0.341 e. The summed E-state index contributed by atoms with van der Waals surface area (Å²) in [4.78, 5) is 39.6. The van der Waals surface area contributed by atoms with Gasteiger partial charge in [0.15, 0.2) is 5.78 Å². The van der Waals surface area contributed by atoms with Gasteiger partial charge in [-0.25, -0.2) is 4.79 Å². The average molecular weight is 450 g/mol. The molecule has 34 heavy (non-hydrogen) atoms. The van der Waals surface area contributed by atoms with Crippen molar-refractivity contribution < 1.29 is 19.1 Å². The molecule has 3 aromatic carbocycles. The van der Waals surface area contributed by atoms with E-state index < -0.39 is 5.97 Å². The maximum absolute atomic E-state index is 13.5. The molecule has 0 aliphatic carbocycles. The molecule has 0 radical (unpaired) electrons. The van der Waals surface area contributed by atoms with E-state index in [-0.39, 0.29) is 30.3 Å². The van der Waals surface area contributed by atoms with Crippen LogP contribution >= 0.6 is 0 Å². The fourth-order valence-electron chi connectivity index (χ4n) is 4.29. The summed E-state index contributed by atoms with van der Waals surface area (Å²) in [5.74, 6) is -0.859. The molecule has 0 saturated heterocycles. The van der Waals surface area contributed by atoms with Crippen LogP contribution < -0.4 is 0 Å². The van der Waals surface area contributed by atoms with E-state index in [0.29, 0.717) is 22.5 Å². The van der Waals surface area contributed by atoms with Gasteiger partial charge >= 0.3 is 5.97 Å². The Morgan fingerprint density at radius 2 is 1.35 bits per heavy atom. The Morgan fingerprint density at radius 3 is 2.00 bits per heavy atom. The van der Waals surface area contributed by atoms with Crippen LogP contribution in [-0.2, 0) is 11.3 Å². The van der Waals surface area contributed by atoms with Crippen LogP contribution in [0.2, 0.25) is 0 Å². The first-order valence-electron chi connectivity index (χ1n) is 11.1. The third kappa shape index (κ3) is 3.59. The van der Waals surface area contributed by atoms with E-state index in [0.717, 1.165) is 11.0 Å². The second kappa shape index (κ2) is 8.83. The number of ketones is 2. The number of hydrogen-bond donors (Lipinski definition) is 0. The van der Waals surface area contributed by atoms with Gasteiger partial charge in [-0.1, -0.05) is 72.8 Å². The first-order valence-corrected chi connectivity index (χ1v) is 11.1. The monoisotopic (exact) mass is 450 g/mol. The van der Waals surface area contributed by atoms with Gasteiger partial charge in [-0.15, -0.1) is 0 Å². The lowest BCUT2D eigenvalue weighted by Gasteiger charge is -2.07. The van der Waals surface area contributed by atoms with Crippen molar-refractivity contribution in [2.75, 3.05) is 6.61 Å². The standard InChI is InChI=1S/C28H22N2O4/c1-2-34-28(33)21-17-24(26(32)20-13-7-4-8-14-20)30-23-16-10-9-15-22(23)29(27(21)30)18-25(31)19-11-5-3-6-12-19/h3-17H,2,18H2,1H3. The maximum atomic E-state index is 13.5. The SMILES string of the molecule is CCOC(=O)c1cc(C(=O)c2ccccc2)n2c3ccccc3n(CC(=O)c3ccccc3)c12. The van der Waals surface area contributed by atoms with Gasteiger partial charge in [0.1, 0.15) is 11.2 Å². The van der Waals surface area contributed by atoms with Crippen LogP contribution in [0.15, 0.2) is 91.0 Å². The topological polar surface area (TPSA) is 69.8 Å². The maximum Gasteiger partial charge on any atom is 0.341 e. The number of rotatable bonds is 7. The van der Waals surface area contributed by atoms with Crippen LogP contribution in [0.3, 0.4) is 0 Å². The molecule has 0 spiro atoms. The lowest BCUT2D eigenvalue weighted by atomic mass is 10.1. The quantitative estimate of drug-likeness (QED) is 0.253. The zero-order chi connectivity index (χ0) is 23.7. The molecule has 0 aliphatic rings. The second-order valence-corrected chi connectivity index (χ2v) is 7.88. The number of fused-ring (bicyclic) bond motifs is 3. The third-order valence-corrected chi connectivity index (χ3v) is 5.81. The molecule has 168 valence electrons. The first-order chi connectivity index (χ1) is 16.6. The van der Waals surface area contributed by atoms with Crippen molar-refractivity contribution in [1.82, 2.24) is 8.97 Å². The lowest BCUT2D eigenvalue weighted by molar-refractivity contribution is 0.0528. The van der Waals surface area contributed by atoms with Crippen molar-refractivity contribution in [2.45, 2.75) is 13.5 Å². The van der Waals surface area contributed by atoms with E-state index in [1.54, 1.807) is 58.4 Å². The average Bonchev–Trinajstić information content (AvgIpc) is 3.42. The number of hydrogen-bond acceptors (Lipinski definition) is 4. The van der Waals surface area contributed by atoms with Crippen molar-refractivity contribution in [3.63, 3.8) is 0 Å². The van der Waals surface area contributed by atoms with Crippen LogP contribution in [0, 0.1) is 0 Å². The molecular formula is C28H22N2O4. The molecule has 0 saturated carbocycles. The molecule has 0 aliphatic heterocycles. The highest BCUT2D eigenvalue weighted by Crippen LogP contribution is 2.30. The summed E-state index contributed by atoms with van der Waals surface area (Å²) in [5.41, 5.74) is 3.61. The molecule has 0 atom stereocenters. The Labute approximate surface area is 196 Å². The summed E-state index contributed by atoms with van der Waals surface area (Å²) in [6, 6.07) is 27.0. The van der Waals surface area contributed by atoms with Crippen molar-refractivity contribution in [3.05, 3.63) is 113 Å². The zero-order valence-corrected chi connectivity index (χ0v) is 18.6. The minimum atomic E-state index is -0.539. The highest BCUT2D eigenvalue weighted by Gasteiger charge is 2.27. The molecule has 0 unspecified atom stereocenters. The lowest BCUT2D eigenvalue weighted by Crippen LogP contribution is -2.12. The molecule has 0 amide bonds. The van der Waals surface area contributed by atoms with Crippen LogP contribution in [0.25, 0.3) is 16.7 Å². The Bertz CT molecular complexity index is 1530. The predicted molar refractivity (Wildman–Crippen MR) is 129 cm³/mol. The molecule has 6 heteroatoms. The number of carbonyl (C=O) groups excluding carboxylic acids is 3. The summed E-state index contributed by atoms with van der Waals surface area (Å²) >= 11 is 0. The first kappa shape index (κ1) is 21.4. The number of ether oxygens (including phenoxy) is 1. The Hall–Kier alpha value is -4.45. The second-order valence-electron chi connectivity index (χ2n) is 7.88. The van der Waals surface area contributed by atoms with E-state index in [1.807, 2.05) is 48.5 Å². The molecule has 2 aromatic heterocycles. The van der Waals surface area contributed by atoms with Crippen LogP contribution in [0.4, 0.5) is 0 Å². The number of benzene rings is 3. The Balaban J connectivity index is 1.77. The van der Waals surface area contributed by atoms with Gasteiger partial charge in [-0.2, -0.15) is 0 Å². The van der Waals surface area contributed by atoms with Crippen molar-refractivity contribution in [3.8, 4) is 0 Å². The number of Topliss-reactive ketones (excluding diaryl/α,β-unsaturated/α-hetero) is 1. The summed E-state index contributed by atoms with van der Waals surface area (Å²) in [7, 11) is 0. The largest absolute Gasteiger partial charge is 0.462 e. The summed E-state index contributed by atoms with van der Waals surface area (Å²) < 4.78 is 8.86. The number of para-hydroxylation sites is 2. The van der Waals surface area contributed by atoms with E-state index in [1.165, 1.54) is 0 Å². The van der Waals surface area contributed by atoms with Crippen molar-refractivity contribution in [1.29, 1.82) is 0 Å². The highest BCUT2D eigenvalue weighted by atomic mass is 16.5.